The molecule has 0 N–H and O–H groups in total. The molecule has 2 aliphatic rings. The average Bonchev–Trinajstić information content (AvgIpc) is 2.20. The predicted molar refractivity (Wildman–Crippen MR) is 40.2 cm³/mol. The van der Waals surface area contributed by atoms with Crippen LogP contribution in [-0.2, 0) is 0 Å². The minimum atomic E-state index is 0.122. The molecule has 0 nitrogen and oxygen atoms in total. The van der Waals surface area contributed by atoms with Gasteiger partial charge >= 0.3 is 0 Å². The third-order valence-corrected chi connectivity index (χ3v) is 3.67. The lowest BCUT2D eigenvalue weighted by Crippen LogP contribution is -2.17. The first-order chi connectivity index (χ1) is 4.20. The highest BCUT2D eigenvalue weighted by atomic mass is 35.5. The minimum Gasteiger partial charge on any atom is -0.123 e. The third kappa shape index (κ3) is 0.877. The third-order valence-electron chi connectivity index (χ3n) is 2.66. The molecule has 3 atom stereocenters. The van der Waals surface area contributed by atoms with Gasteiger partial charge in [0.15, 0.2) is 0 Å². The van der Waals surface area contributed by atoms with Crippen molar-refractivity contribution in [1.29, 1.82) is 0 Å². The van der Waals surface area contributed by atoms with Crippen LogP contribution >= 0.6 is 23.2 Å². The molecule has 2 rings (SSSR count). The van der Waals surface area contributed by atoms with E-state index in [2.05, 4.69) is 0 Å². The fraction of sp³-hybridized carbons (Fsp3) is 1.00. The van der Waals surface area contributed by atoms with E-state index in [4.69, 9.17) is 23.2 Å². The highest BCUT2D eigenvalue weighted by Gasteiger charge is 2.48. The molecule has 0 spiro atoms. The molecule has 2 fully saturated rings. The Hall–Kier alpha value is 0.580. The highest BCUT2D eigenvalue weighted by Crippen LogP contribution is 2.53. The van der Waals surface area contributed by atoms with E-state index < -0.39 is 0 Å². The Labute approximate surface area is 65.5 Å². The van der Waals surface area contributed by atoms with Crippen LogP contribution in [0.25, 0.3) is 0 Å². The van der Waals surface area contributed by atoms with Crippen molar-refractivity contribution in [3.05, 3.63) is 0 Å². The second-order valence-electron chi connectivity index (χ2n) is 3.37. The topological polar surface area (TPSA) is 0 Å². The van der Waals surface area contributed by atoms with Gasteiger partial charge in [-0.3, -0.25) is 0 Å². The fourth-order valence-electron chi connectivity index (χ4n) is 2.13. The number of alkyl halides is 2. The molecule has 52 valence electrons. The van der Waals surface area contributed by atoms with Crippen molar-refractivity contribution in [3.63, 3.8) is 0 Å². The first kappa shape index (κ1) is 6.30. The van der Waals surface area contributed by atoms with Crippen LogP contribution in [0.3, 0.4) is 0 Å². The Morgan fingerprint density at radius 3 is 2.33 bits per heavy atom. The highest BCUT2D eigenvalue weighted by molar-refractivity contribution is 6.27. The van der Waals surface area contributed by atoms with Crippen molar-refractivity contribution >= 4 is 23.2 Å². The Bertz CT molecular complexity index is 131. The Kier molecular flexibility index (Phi) is 1.26. The molecule has 0 heterocycles. The molecule has 0 aromatic heterocycles. The first-order valence-corrected chi connectivity index (χ1v) is 4.34. The molecule has 2 saturated carbocycles. The maximum absolute atomic E-state index is 6.21. The molecule has 0 saturated heterocycles. The molecule has 0 aliphatic heterocycles. The van der Waals surface area contributed by atoms with Crippen LogP contribution in [0, 0.1) is 5.92 Å². The lowest BCUT2D eigenvalue weighted by atomic mass is 10.00. The molecule has 2 bridgehead atoms. The van der Waals surface area contributed by atoms with Crippen LogP contribution in [0.5, 0.6) is 0 Å². The normalized spacial score (nSPS) is 56.7. The van der Waals surface area contributed by atoms with E-state index in [1.165, 1.54) is 19.3 Å². The number of halogens is 2. The van der Waals surface area contributed by atoms with E-state index in [1.807, 2.05) is 0 Å². The maximum atomic E-state index is 6.21. The van der Waals surface area contributed by atoms with Gasteiger partial charge in [-0.15, -0.1) is 23.2 Å². The lowest BCUT2D eigenvalue weighted by Gasteiger charge is -2.19. The molecule has 0 aromatic rings. The largest absolute Gasteiger partial charge is 0.123 e. The summed E-state index contributed by atoms with van der Waals surface area (Å²) < 4.78 is 0. The average molecular weight is 165 g/mol. The fourth-order valence-corrected chi connectivity index (χ4v) is 3.19. The van der Waals surface area contributed by atoms with Gasteiger partial charge < -0.3 is 0 Å². The molecule has 2 heteroatoms. The van der Waals surface area contributed by atoms with Crippen LogP contribution in [0.1, 0.15) is 25.7 Å². The van der Waals surface area contributed by atoms with E-state index in [-0.39, 0.29) is 4.87 Å². The van der Waals surface area contributed by atoms with Crippen molar-refractivity contribution in [1.82, 2.24) is 0 Å². The number of fused-ring (bicyclic) bond motifs is 2. The van der Waals surface area contributed by atoms with Crippen LogP contribution in [0.4, 0.5) is 0 Å². The van der Waals surface area contributed by atoms with E-state index in [0.717, 1.165) is 12.3 Å². The van der Waals surface area contributed by atoms with Gasteiger partial charge in [0.1, 0.15) is 0 Å². The molecule has 0 amide bonds. The van der Waals surface area contributed by atoms with Crippen LogP contribution in [0.15, 0.2) is 0 Å². The predicted octanol–water partition coefficient (Wildman–Crippen LogP) is 2.78. The van der Waals surface area contributed by atoms with E-state index in [9.17, 15) is 0 Å². The SMILES string of the molecule is Cl[C@H]1CC2(Cl)CC[C@H]1C2. The van der Waals surface area contributed by atoms with Gasteiger partial charge in [0.05, 0.1) is 0 Å². The second-order valence-corrected chi connectivity index (χ2v) is 4.74. The summed E-state index contributed by atoms with van der Waals surface area (Å²) in [6.45, 7) is 0. The van der Waals surface area contributed by atoms with Crippen LogP contribution < -0.4 is 0 Å². The zero-order valence-corrected chi connectivity index (χ0v) is 6.75. The summed E-state index contributed by atoms with van der Waals surface area (Å²) in [5.41, 5.74) is 0. The standard InChI is InChI=1S/C7H10Cl2/c8-6-4-7(9)2-1-5(6)3-7/h5-6H,1-4H2/t5-,6-,7?/m0/s1. The van der Waals surface area contributed by atoms with Gasteiger partial charge in [-0.2, -0.15) is 0 Å². The smallest absolute Gasteiger partial charge is 0.0464 e. The molecule has 9 heavy (non-hydrogen) atoms. The van der Waals surface area contributed by atoms with E-state index in [1.54, 1.807) is 0 Å². The summed E-state index contributed by atoms with van der Waals surface area (Å²) in [5, 5.41) is 0.385. The van der Waals surface area contributed by atoms with Gasteiger partial charge in [0, 0.05) is 10.3 Å². The van der Waals surface area contributed by atoms with Crippen molar-refractivity contribution in [2.24, 2.45) is 5.92 Å². The summed E-state index contributed by atoms with van der Waals surface area (Å²) in [7, 11) is 0. The van der Waals surface area contributed by atoms with E-state index in [0.29, 0.717) is 5.38 Å². The number of hydrogen-bond donors (Lipinski definition) is 0. The van der Waals surface area contributed by atoms with Gasteiger partial charge in [0.2, 0.25) is 0 Å². The van der Waals surface area contributed by atoms with Crippen LogP contribution in [0.2, 0.25) is 0 Å². The first-order valence-electron chi connectivity index (χ1n) is 3.53. The molecule has 0 radical (unpaired) electrons. The second kappa shape index (κ2) is 1.79. The summed E-state index contributed by atoms with van der Waals surface area (Å²) in [6, 6.07) is 0. The van der Waals surface area contributed by atoms with Gasteiger partial charge in [-0.25, -0.2) is 0 Å². The Morgan fingerprint density at radius 2 is 2.11 bits per heavy atom. The van der Waals surface area contributed by atoms with Gasteiger partial charge in [-0.05, 0) is 31.6 Å². The van der Waals surface area contributed by atoms with Crippen molar-refractivity contribution in [3.8, 4) is 0 Å². The van der Waals surface area contributed by atoms with Crippen LogP contribution in [-0.4, -0.2) is 10.3 Å². The van der Waals surface area contributed by atoms with Crippen molar-refractivity contribution < 1.29 is 0 Å². The maximum Gasteiger partial charge on any atom is 0.0464 e. The molecule has 0 aromatic carbocycles. The molecule has 2 aliphatic carbocycles. The summed E-state index contributed by atoms with van der Waals surface area (Å²) in [6.07, 6.45) is 4.67. The summed E-state index contributed by atoms with van der Waals surface area (Å²) in [4.78, 5) is 0.122. The van der Waals surface area contributed by atoms with Gasteiger partial charge in [0.25, 0.3) is 0 Å². The zero-order chi connectivity index (χ0) is 6.48. The van der Waals surface area contributed by atoms with Gasteiger partial charge in [-0.1, -0.05) is 0 Å². The Morgan fingerprint density at radius 1 is 1.33 bits per heavy atom. The summed E-state index contributed by atoms with van der Waals surface area (Å²) in [5.74, 6) is 0.740. The number of rotatable bonds is 0. The molecular weight excluding hydrogens is 155 g/mol. The zero-order valence-electron chi connectivity index (χ0n) is 5.24. The number of hydrogen-bond acceptors (Lipinski definition) is 0. The molecular formula is C7H10Cl2. The minimum absolute atomic E-state index is 0.122. The monoisotopic (exact) mass is 164 g/mol. The van der Waals surface area contributed by atoms with Crippen molar-refractivity contribution in [2.75, 3.05) is 0 Å². The molecule has 1 unspecified atom stereocenters. The lowest BCUT2D eigenvalue weighted by molar-refractivity contribution is 0.503. The summed E-state index contributed by atoms with van der Waals surface area (Å²) >= 11 is 12.2. The Balaban J connectivity index is 2.19. The van der Waals surface area contributed by atoms with Crippen molar-refractivity contribution in [2.45, 2.75) is 35.9 Å². The quantitative estimate of drug-likeness (QED) is 0.484. The van der Waals surface area contributed by atoms with E-state index >= 15 is 0 Å².